The highest BCUT2D eigenvalue weighted by atomic mass is 19.4. The van der Waals surface area contributed by atoms with E-state index in [4.69, 9.17) is 0 Å². The van der Waals surface area contributed by atoms with E-state index in [0.717, 1.165) is 11.9 Å². The Morgan fingerprint density at radius 3 is 2.50 bits per heavy atom. The van der Waals surface area contributed by atoms with Crippen molar-refractivity contribution in [1.82, 2.24) is 15.0 Å². The molecule has 0 atom stereocenters. The summed E-state index contributed by atoms with van der Waals surface area (Å²) < 4.78 is 39.8. The van der Waals surface area contributed by atoms with Crippen LogP contribution in [0.1, 0.15) is 5.69 Å². The number of alkyl halides is 3. The Labute approximate surface area is 113 Å². The summed E-state index contributed by atoms with van der Waals surface area (Å²) in [6.07, 6.45) is 1.05. The van der Waals surface area contributed by atoms with Crippen LogP contribution in [0.25, 0.3) is 0 Å². The summed E-state index contributed by atoms with van der Waals surface area (Å²) in [7, 11) is 1.75. The van der Waals surface area contributed by atoms with E-state index in [0.29, 0.717) is 12.4 Å². The van der Waals surface area contributed by atoms with Crippen LogP contribution >= 0.6 is 0 Å². The highest BCUT2D eigenvalue weighted by Gasteiger charge is 2.31. The molecule has 0 fully saturated rings. The number of halogens is 3. The molecule has 0 saturated heterocycles. The van der Waals surface area contributed by atoms with Gasteiger partial charge in [0.1, 0.15) is 11.6 Å². The molecule has 2 rings (SSSR count). The second-order valence-corrected chi connectivity index (χ2v) is 3.95. The fraction of sp³-hybridized carbons (Fsp3) is 0.250. The van der Waals surface area contributed by atoms with Gasteiger partial charge in [0.2, 0.25) is 0 Å². The topological polar surface area (TPSA) is 51.1 Å². The Bertz CT molecular complexity index is 545. The molecule has 2 heterocycles. The predicted octanol–water partition coefficient (Wildman–Crippen LogP) is 2.41. The number of rotatable bonds is 4. The second-order valence-electron chi connectivity index (χ2n) is 3.95. The van der Waals surface area contributed by atoms with Gasteiger partial charge in [0.25, 0.3) is 0 Å². The maximum absolute atomic E-state index is 12.0. The van der Waals surface area contributed by atoms with Gasteiger partial charge in [-0.1, -0.05) is 0 Å². The first-order valence-electron chi connectivity index (χ1n) is 5.62. The summed E-state index contributed by atoms with van der Waals surface area (Å²) in [6.45, 7) is 0.445. The third kappa shape index (κ3) is 4.08. The quantitative estimate of drug-likeness (QED) is 0.863. The molecule has 0 aromatic carbocycles. The molecule has 5 nitrogen and oxygen atoms in total. The summed E-state index contributed by atoms with van der Waals surface area (Å²) in [4.78, 5) is 13.7. The van der Waals surface area contributed by atoms with Crippen molar-refractivity contribution >= 4 is 5.82 Å². The monoisotopic (exact) mass is 284 g/mol. The Hall–Kier alpha value is -2.38. The number of nitrogens with zero attached hydrogens (tertiary/aromatic N) is 4. The molecule has 0 N–H and O–H groups in total. The lowest BCUT2D eigenvalue weighted by Crippen LogP contribution is -2.19. The average molecular weight is 284 g/mol. The number of anilines is 1. The number of hydrogen-bond acceptors (Lipinski definition) is 5. The van der Waals surface area contributed by atoms with Crippen molar-refractivity contribution in [1.29, 1.82) is 0 Å². The molecule has 0 radical (unpaired) electrons. The molecule has 0 aliphatic carbocycles. The van der Waals surface area contributed by atoms with E-state index in [1.54, 1.807) is 30.5 Å². The van der Waals surface area contributed by atoms with Crippen LogP contribution in [0.3, 0.4) is 0 Å². The highest BCUT2D eigenvalue weighted by Crippen LogP contribution is 2.23. The molecular weight excluding hydrogens is 273 g/mol. The van der Waals surface area contributed by atoms with Gasteiger partial charge in [0.05, 0.1) is 24.6 Å². The van der Waals surface area contributed by atoms with E-state index < -0.39 is 6.36 Å². The van der Waals surface area contributed by atoms with Gasteiger partial charge >= 0.3 is 6.36 Å². The van der Waals surface area contributed by atoms with Crippen LogP contribution in [0, 0.1) is 0 Å². The van der Waals surface area contributed by atoms with Crippen molar-refractivity contribution in [3.63, 3.8) is 0 Å². The number of hydrogen-bond donors (Lipinski definition) is 0. The van der Waals surface area contributed by atoms with Gasteiger partial charge in [0, 0.05) is 19.4 Å². The minimum Gasteiger partial charge on any atom is -0.404 e. The van der Waals surface area contributed by atoms with Gasteiger partial charge in [-0.05, 0) is 12.1 Å². The van der Waals surface area contributed by atoms with Crippen LogP contribution in [-0.2, 0) is 6.54 Å². The predicted molar refractivity (Wildman–Crippen MR) is 65.1 cm³/mol. The molecule has 0 spiro atoms. The smallest absolute Gasteiger partial charge is 0.404 e. The number of aromatic nitrogens is 3. The molecular formula is C12H11F3N4O. The van der Waals surface area contributed by atoms with Gasteiger partial charge in [-0.25, -0.2) is 4.98 Å². The van der Waals surface area contributed by atoms with E-state index in [1.807, 2.05) is 0 Å². The zero-order valence-electron chi connectivity index (χ0n) is 10.5. The molecule has 2 aromatic rings. The largest absolute Gasteiger partial charge is 0.573 e. The third-order valence-electron chi connectivity index (χ3n) is 2.36. The van der Waals surface area contributed by atoms with Gasteiger partial charge in [-0.2, -0.15) is 0 Å². The van der Waals surface area contributed by atoms with Crippen LogP contribution in [0.5, 0.6) is 5.75 Å². The van der Waals surface area contributed by atoms with Crippen molar-refractivity contribution in [2.45, 2.75) is 12.9 Å². The normalized spacial score (nSPS) is 11.2. The minimum absolute atomic E-state index is 0.353. The van der Waals surface area contributed by atoms with Crippen LogP contribution < -0.4 is 9.64 Å². The van der Waals surface area contributed by atoms with Crippen molar-refractivity contribution in [2.24, 2.45) is 0 Å². The molecule has 20 heavy (non-hydrogen) atoms. The number of ether oxygens (including phenoxy) is 1. The van der Waals surface area contributed by atoms with Crippen molar-refractivity contribution in [3.8, 4) is 5.75 Å². The average Bonchev–Trinajstić information content (AvgIpc) is 2.39. The first-order chi connectivity index (χ1) is 9.44. The molecule has 8 heteroatoms. The van der Waals surface area contributed by atoms with Crippen LogP contribution in [0.2, 0.25) is 0 Å². The lowest BCUT2D eigenvalue weighted by atomic mass is 10.3. The maximum Gasteiger partial charge on any atom is 0.573 e. The second kappa shape index (κ2) is 5.72. The molecule has 0 aliphatic rings. The zero-order chi connectivity index (χ0) is 14.6. The summed E-state index contributed by atoms with van der Waals surface area (Å²) in [5.41, 5.74) is 0.729. The fourth-order valence-corrected chi connectivity index (χ4v) is 1.53. The van der Waals surface area contributed by atoms with E-state index in [1.165, 1.54) is 12.1 Å². The summed E-state index contributed by atoms with van der Waals surface area (Å²) >= 11 is 0. The first-order valence-corrected chi connectivity index (χ1v) is 5.62. The summed E-state index contributed by atoms with van der Waals surface area (Å²) in [6, 6.07) is 2.65. The van der Waals surface area contributed by atoms with Crippen LogP contribution in [0.4, 0.5) is 19.0 Å². The molecule has 0 unspecified atom stereocenters. The minimum atomic E-state index is -4.71. The number of pyridine rings is 1. The van der Waals surface area contributed by atoms with Crippen molar-refractivity contribution in [2.75, 3.05) is 11.9 Å². The van der Waals surface area contributed by atoms with E-state index in [9.17, 15) is 13.2 Å². The lowest BCUT2D eigenvalue weighted by molar-refractivity contribution is -0.274. The fourth-order valence-electron chi connectivity index (χ4n) is 1.53. The van der Waals surface area contributed by atoms with Gasteiger partial charge in [-0.15, -0.1) is 13.2 Å². The Kier molecular flexibility index (Phi) is 4.02. The maximum atomic E-state index is 12.0. The molecule has 0 bridgehead atoms. The highest BCUT2D eigenvalue weighted by molar-refractivity contribution is 5.40. The molecule has 2 aromatic heterocycles. The van der Waals surface area contributed by atoms with E-state index >= 15 is 0 Å². The van der Waals surface area contributed by atoms with Crippen molar-refractivity contribution in [3.05, 3.63) is 42.6 Å². The van der Waals surface area contributed by atoms with Gasteiger partial charge in [0.15, 0.2) is 0 Å². The zero-order valence-corrected chi connectivity index (χ0v) is 10.5. The Morgan fingerprint density at radius 1 is 1.15 bits per heavy atom. The van der Waals surface area contributed by atoms with E-state index in [2.05, 4.69) is 19.7 Å². The molecule has 106 valence electrons. The SMILES string of the molecule is CN(Cc1cnccn1)c1ccc(OC(F)(F)F)cn1. The van der Waals surface area contributed by atoms with Crippen molar-refractivity contribution < 1.29 is 17.9 Å². The van der Waals surface area contributed by atoms with Crippen LogP contribution in [0.15, 0.2) is 36.9 Å². The summed E-state index contributed by atoms with van der Waals surface area (Å²) in [5, 5.41) is 0. The Morgan fingerprint density at radius 2 is 1.95 bits per heavy atom. The van der Waals surface area contributed by atoms with E-state index in [-0.39, 0.29) is 5.75 Å². The molecule has 0 amide bonds. The first kappa shape index (κ1) is 14.0. The lowest BCUT2D eigenvalue weighted by Gasteiger charge is -2.17. The summed E-state index contributed by atoms with van der Waals surface area (Å²) in [5.74, 6) is 0.152. The third-order valence-corrected chi connectivity index (χ3v) is 2.36. The Balaban J connectivity index is 2.02. The van der Waals surface area contributed by atoms with Crippen LogP contribution in [-0.4, -0.2) is 28.4 Å². The molecule has 0 aliphatic heterocycles. The van der Waals surface area contributed by atoms with Gasteiger partial charge < -0.3 is 9.64 Å². The molecule has 0 saturated carbocycles. The van der Waals surface area contributed by atoms with Gasteiger partial charge in [-0.3, -0.25) is 9.97 Å². The standard InChI is InChI=1S/C12H11F3N4O/c1-19(8-9-6-16-4-5-17-9)11-3-2-10(7-18-11)20-12(13,14)15/h2-7H,8H2,1H3.